The van der Waals surface area contributed by atoms with E-state index in [1.807, 2.05) is 0 Å². The molecule has 6 heteroatoms. The van der Waals surface area contributed by atoms with Gasteiger partial charge in [0, 0.05) is 23.5 Å². The van der Waals surface area contributed by atoms with E-state index in [2.05, 4.69) is 0 Å². The molecule has 2 heterocycles. The zero-order valence-electron chi connectivity index (χ0n) is 11.5. The van der Waals surface area contributed by atoms with E-state index in [1.54, 1.807) is 36.7 Å². The Morgan fingerprint density at radius 3 is 2.86 bits per heavy atom. The molecule has 0 aliphatic rings. The standard InChI is InChI=1S/C15H12ClNO4/c1-3-20-15(19)12-7-11(18)13-14(21-12)9-6-8(16)4-5-10(9)17(13)2/h4-7H,3H2,1-2H3. The maximum absolute atomic E-state index is 12.3. The highest BCUT2D eigenvalue weighted by Gasteiger charge is 2.18. The molecule has 0 unspecified atom stereocenters. The number of aryl methyl sites for hydroxylation is 1. The van der Waals surface area contributed by atoms with Crippen molar-refractivity contribution in [2.75, 3.05) is 6.61 Å². The Morgan fingerprint density at radius 1 is 1.38 bits per heavy atom. The number of benzene rings is 1. The van der Waals surface area contributed by atoms with Crippen molar-refractivity contribution in [3.05, 3.63) is 45.3 Å². The van der Waals surface area contributed by atoms with E-state index in [0.29, 0.717) is 21.5 Å². The van der Waals surface area contributed by atoms with Gasteiger partial charge in [-0.1, -0.05) is 11.6 Å². The van der Waals surface area contributed by atoms with Crippen LogP contribution in [0, 0.1) is 0 Å². The molecular weight excluding hydrogens is 294 g/mol. The van der Waals surface area contributed by atoms with Crippen LogP contribution in [-0.4, -0.2) is 17.1 Å². The van der Waals surface area contributed by atoms with E-state index in [-0.39, 0.29) is 17.8 Å². The molecule has 0 aliphatic carbocycles. The predicted molar refractivity (Wildman–Crippen MR) is 79.9 cm³/mol. The van der Waals surface area contributed by atoms with Crippen LogP contribution in [0.25, 0.3) is 22.0 Å². The first-order valence-electron chi connectivity index (χ1n) is 6.42. The van der Waals surface area contributed by atoms with Crippen LogP contribution in [0.2, 0.25) is 5.02 Å². The summed E-state index contributed by atoms with van der Waals surface area (Å²) in [6.07, 6.45) is 0. The second-order valence-corrected chi connectivity index (χ2v) is 5.03. The number of carbonyl (C=O) groups excluding carboxylic acids is 1. The summed E-state index contributed by atoms with van der Waals surface area (Å²) >= 11 is 6.00. The molecule has 21 heavy (non-hydrogen) atoms. The van der Waals surface area contributed by atoms with E-state index in [0.717, 1.165) is 11.6 Å². The second-order valence-electron chi connectivity index (χ2n) is 4.59. The maximum Gasteiger partial charge on any atom is 0.374 e. The minimum atomic E-state index is -0.657. The van der Waals surface area contributed by atoms with Gasteiger partial charge in [-0.15, -0.1) is 0 Å². The summed E-state index contributed by atoms with van der Waals surface area (Å²) in [7, 11) is 1.76. The lowest BCUT2D eigenvalue weighted by atomic mass is 10.2. The smallest absolute Gasteiger partial charge is 0.374 e. The number of hydrogen-bond acceptors (Lipinski definition) is 4. The van der Waals surface area contributed by atoms with Crippen LogP contribution >= 0.6 is 11.6 Å². The maximum atomic E-state index is 12.3. The van der Waals surface area contributed by atoms with E-state index >= 15 is 0 Å². The predicted octanol–water partition coefficient (Wildman–Crippen LogP) is 3.11. The van der Waals surface area contributed by atoms with Crippen molar-refractivity contribution in [2.45, 2.75) is 6.92 Å². The van der Waals surface area contributed by atoms with Crippen LogP contribution in [0.5, 0.6) is 0 Å². The molecule has 0 bridgehead atoms. The van der Waals surface area contributed by atoms with Crippen LogP contribution in [0.3, 0.4) is 0 Å². The monoisotopic (exact) mass is 305 g/mol. The summed E-state index contributed by atoms with van der Waals surface area (Å²) in [6, 6.07) is 6.40. The lowest BCUT2D eigenvalue weighted by Gasteiger charge is -2.01. The summed E-state index contributed by atoms with van der Waals surface area (Å²) in [4.78, 5) is 24.0. The fourth-order valence-electron chi connectivity index (χ4n) is 2.39. The first-order valence-corrected chi connectivity index (χ1v) is 6.79. The SMILES string of the molecule is CCOC(=O)c1cc(=O)c2c(o1)c1cc(Cl)ccc1n2C. The van der Waals surface area contributed by atoms with Crippen LogP contribution < -0.4 is 5.43 Å². The van der Waals surface area contributed by atoms with Gasteiger partial charge in [0.15, 0.2) is 5.58 Å². The molecule has 0 saturated heterocycles. The Hall–Kier alpha value is -2.27. The second kappa shape index (κ2) is 4.93. The number of ether oxygens (including phenoxy) is 1. The summed E-state index contributed by atoms with van der Waals surface area (Å²) in [5, 5.41) is 1.21. The zero-order chi connectivity index (χ0) is 15.1. The van der Waals surface area contributed by atoms with Crippen LogP contribution in [0.4, 0.5) is 0 Å². The number of nitrogens with zero attached hydrogens (tertiary/aromatic N) is 1. The zero-order valence-corrected chi connectivity index (χ0v) is 12.2. The number of hydrogen-bond donors (Lipinski definition) is 0. The Kier molecular flexibility index (Phi) is 3.22. The molecule has 5 nitrogen and oxygen atoms in total. The Balaban J connectivity index is 2.40. The molecule has 0 aliphatic heterocycles. The number of carbonyl (C=O) groups is 1. The summed E-state index contributed by atoms with van der Waals surface area (Å²) in [5.74, 6) is -0.766. The Bertz CT molecular complexity index is 923. The van der Waals surface area contributed by atoms with Crippen molar-refractivity contribution in [3.8, 4) is 0 Å². The molecule has 0 atom stereocenters. The summed E-state index contributed by atoms with van der Waals surface area (Å²) in [5.41, 5.74) is 1.23. The van der Waals surface area contributed by atoms with Gasteiger partial charge in [0.2, 0.25) is 11.2 Å². The van der Waals surface area contributed by atoms with E-state index in [4.69, 9.17) is 20.8 Å². The Labute approximate surface area is 124 Å². The number of aromatic nitrogens is 1. The van der Waals surface area contributed by atoms with Crippen molar-refractivity contribution in [1.82, 2.24) is 4.57 Å². The first-order chi connectivity index (χ1) is 10.0. The van der Waals surface area contributed by atoms with E-state index in [9.17, 15) is 9.59 Å². The quantitative estimate of drug-likeness (QED) is 0.682. The minimum absolute atomic E-state index is 0.109. The molecule has 3 rings (SSSR count). The molecule has 0 amide bonds. The average molecular weight is 306 g/mol. The number of halogens is 1. The lowest BCUT2D eigenvalue weighted by Crippen LogP contribution is -2.11. The van der Waals surface area contributed by atoms with Crippen LogP contribution in [0.15, 0.2) is 33.5 Å². The first kappa shape index (κ1) is 13.7. The van der Waals surface area contributed by atoms with Crippen molar-refractivity contribution < 1.29 is 13.9 Å². The van der Waals surface area contributed by atoms with E-state index < -0.39 is 5.97 Å². The van der Waals surface area contributed by atoms with Crippen molar-refractivity contribution in [3.63, 3.8) is 0 Å². The molecule has 0 spiro atoms. The van der Waals surface area contributed by atoms with Gasteiger partial charge in [-0.2, -0.15) is 0 Å². The average Bonchev–Trinajstić information content (AvgIpc) is 2.72. The third-order valence-corrected chi connectivity index (χ3v) is 3.53. The van der Waals surface area contributed by atoms with Gasteiger partial charge in [-0.3, -0.25) is 4.79 Å². The molecule has 0 fully saturated rings. The highest BCUT2D eigenvalue weighted by atomic mass is 35.5. The molecule has 0 saturated carbocycles. The molecule has 1 aromatic carbocycles. The van der Waals surface area contributed by atoms with Gasteiger partial charge >= 0.3 is 5.97 Å². The van der Waals surface area contributed by atoms with Crippen molar-refractivity contribution >= 4 is 39.6 Å². The third-order valence-electron chi connectivity index (χ3n) is 3.30. The van der Waals surface area contributed by atoms with Crippen molar-refractivity contribution in [1.29, 1.82) is 0 Å². The Morgan fingerprint density at radius 2 is 2.14 bits per heavy atom. The minimum Gasteiger partial charge on any atom is -0.460 e. The number of rotatable bonds is 2. The largest absolute Gasteiger partial charge is 0.460 e. The molecule has 3 aromatic rings. The normalized spacial score (nSPS) is 11.2. The summed E-state index contributed by atoms with van der Waals surface area (Å²) < 4.78 is 12.2. The third kappa shape index (κ3) is 2.10. The molecule has 0 radical (unpaired) electrons. The van der Waals surface area contributed by atoms with Gasteiger partial charge in [0.05, 0.1) is 12.1 Å². The van der Waals surface area contributed by atoms with Gasteiger partial charge in [-0.25, -0.2) is 4.79 Å². The topological polar surface area (TPSA) is 61.4 Å². The van der Waals surface area contributed by atoms with Crippen molar-refractivity contribution in [2.24, 2.45) is 7.05 Å². The van der Waals surface area contributed by atoms with Gasteiger partial charge in [0.25, 0.3) is 0 Å². The molecular formula is C15H12ClNO4. The fourth-order valence-corrected chi connectivity index (χ4v) is 2.57. The van der Waals surface area contributed by atoms with E-state index in [1.165, 1.54) is 0 Å². The molecule has 108 valence electrons. The molecule has 0 N–H and O–H groups in total. The highest BCUT2D eigenvalue weighted by molar-refractivity contribution is 6.31. The van der Waals surface area contributed by atoms with Gasteiger partial charge in [0.1, 0.15) is 5.52 Å². The highest BCUT2D eigenvalue weighted by Crippen LogP contribution is 2.29. The summed E-state index contributed by atoms with van der Waals surface area (Å²) in [6.45, 7) is 1.90. The number of esters is 1. The fraction of sp³-hybridized carbons (Fsp3) is 0.200. The lowest BCUT2D eigenvalue weighted by molar-refractivity contribution is 0.0491. The van der Waals surface area contributed by atoms with Gasteiger partial charge < -0.3 is 13.7 Å². The van der Waals surface area contributed by atoms with Crippen LogP contribution in [-0.2, 0) is 11.8 Å². The number of fused-ring (bicyclic) bond motifs is 3. The molecule has 2 aromatic heterocycles. The van der Waals surface area contributed by atoms with Crippen LogP contribution in [0.1, 0.15) is 17.5 Å². The van der Waals surface area contributed by atoms with Gasteiger partial charge in [-0.05, 0) is 25.1 Å².